The highest BCUT2D eigenvalue weighted by Gasteiger charge is 2.07. The molecule has 0 atom stereocenters. The van der Waals surface area contributed by atoms with Crippen molar-refractivity contribution in [1.82, 2.24) is 5.32 Å². The molecule has 0 unspecified atom stereocenters. The number of rotatable bonds is 2. The second-order valence-corrected chi connectivity index (χ2v) is 4.83. The van der Waals surface area contributed by atoms with E-state index in [0.29, 0.717) is 5.02 Å². The second kappa shape index (κ2) is 6.59. The number of carbonyl (C=O) groups excluding carboxylic acids is 1. The monoisotopic (exact) mass is 280 g/mol. The Bertz CT molecular complexity index is 492. The fourth-order valence-electron chi connectivity index (χ4n) is 1.85. The fourth-order valence-corrected chi connectivity index (χ4v) is 2.02. The van der Waals surface area contributed by atoms with E-state index < -0.39 is 0 Å². The van der Waals surface area contributed by atoms with Crippen LogP contribution in [0.2, 0.25) is 5.02 Å². The molecule has 2 rings (SSSR count). The van der Waals surface area contributed by atoms with E-state index in [1.54, 1.807) is 12.3 Å². The van der Waals surface area contributed by atoms with Gasteiger partial charge in [0.1, 0.15) is 0 Å². The average Bonchev–Trinajstić information content (AvgIpc) is 2.43. The highest BCUT2D eigenvalue weighted by molar-refractivity contribution is 6.31. The first kappa shape index (κ1) is 13.9. The van der Waals surface area contributed by atoms with Crippen LogP contribution in [0.15, 0.2) is 30.0 Å². The second-order valence-electron chi connectivity index (χ2n) is 4.43. The number of ether oxygens (including phenoxy) is 1. The highest BCUT2D eigenvalue weighted by atomic mass is 35.5. The summed E-state index contributed by atoms with van der Waals surface area (Å²) in [5.74, 6) is 0. The van der Waals surface area contributed by atoms with Gasteiger partial charge in [0.25, 0.3) is 0 Å². The first-order valence-corrected chi connectivity index (χ1v) is 6.63. The molecule has 0 radical (unpaired) electrons. The van der Waals surface area contributed by atoms with E-state index in [4.69, 9.17) is 16.3 Å². The summed E-state index contributed by atoms with van der Waals surface area (Å²) in [6, 6.07) is 5.16. The number of urea groups is 1. The average molecular weight is 281 g/mol. The lowest BCUT2D eigenvalue weighted by atomic mass is 10.1. The third kappa shape index (κ3) is 3.98. The minimum Gasteiger partial charge on any atom is -0.381 e. The molecule has 1 aliphatic heterocycles. The SMILES string of the molecule is Cc1c(Cl)cccc1NC(=O)NC=C1CCOCC1. The molecule has 1 aliphatic rings. The largest absolute Gasteiger partial charge is 0.381 e. The molecule has 0 aliphatic carbocycles. The van der Waals surface area contributed by atoms with Gasteiger partial charge in [-0.2, -0.15) is 0 Å². The summed E-state index contributed by atoms with van der Waals surface area (Å²) in [5.41, 5.74) is 2.78. The lowest BCUT2D eigenvalue weighted by molar-refractivity contribution is 0.119. The maximum Gasteiger partial charge on any atom is 0.323 e. The first-order chi connectivity index (χ1) is 9.16. The van der Waals surface area contributed by atoms with Crippen molar-refractivity contribution in [1.29, 1.82) is 0 Å². The van der Waals surface area contributed by atoms with Gasteiger partial charge in [-0.05, 0) is 43.0 Å². The number of nitrogens with one attached hydrogen (secondary N) is 2. The van der Waals surface area contributed by atoms with Gasteiger partial charge in [0.15, 0.2) is 0 Å². The molecule has 1 saturated heterocycles. The number of hydrogen-bond acceptors (Lipinski definition) is 2. The number of carbonyl (C=O) groups is 1. The smallest absolute Gasteiger partial charge is 0.323 e. The van der Waals surface area contributed by atoms with Crippen molar-refractivity contribution in [3.8, 4) is 0 Å². The highest BCUT2D eigenvalue weighted by Crippen LogP contribution is 2.22. The van der Waals surface area contributed by atoms with Gasteiger partial charge in [-0.15, -0.1) is 0 Å². The zero-order valence-electron chi connectivity index (χ0n) is 10.8. The van der Waals surface area contributed by atoms with Crippen molar-refractivity contribution in [2.75, 3.05) is 18.5 Å². The maximum absolute atomic E-state index is 11.8. The Morgan fingerprint density at radius 2 is 2.11 bits per heavy atom. The van der Waals surface area contributed by atoms with Gasteiger partial charge < -0.3 is 15.4 Å². The molecule has 1 aromatic rings. The Hall–Kier alpha value is -1.52. The summed E-state index contributed by atoms with van der Waals surface area (Å²) in [6.45, 7) is 3.32. The van der Waals surface area contributed by atoms with Crippen molar-refractivity contribution in [2.24, 2.45) is 0 Å². The zero-order valence-corrected chi connectivity index (χ0v) is 11.6. The summed E-state index contributed by atoms with van der Waals surface area (Å²) >= 11 is 6.00. The van der Waals surface area contributed by atoms with Crippen molar-refractivity contribution < 1.29 is 9.53 Å². The first-order valence-electron chi connectivity index (χ1n) is 6.25. The third-order valence-electron chi connectivity index (χ3n) is 3.06. The van der Waals surface area contributed by atoms with Crippen molar-refractivity contribution in [2.45, 2.75) is 19.8 Å². The van der Waals surface area contributed by atoms with Gasteiger partial charge in [-0.1, -0.05) is 17.7 Å². The van der Waals surface area contributed by atoms with E-state index in [0.717, 1.165) is 37.3 Å². The number of amides is 2. The number of halogens is 1. The van der Waals surface area contributed by atoms with E-state index in [-0.39, 0.29) is 6.03 Å². The molecule has 4 nitrogen and oxygen atoms in total. The van der Waals surface area contributed by atoms with Crippen LogP contribution in [0, 0.1) is 6.92 Å². The molecule has 1 fully saturated rings. The van der Waals surface area contributed by atoms with Crippen LogP contribution in [0.25, 0.3) is 0 Å². The number of hydrogen-bond donors (Lipinski definition) is 2. The van der Waals surface area contributed by atoms with Gasteiger partial charge in [-0.3, -0.25) is 0 Å². The maximum atomic E-state index is 11.8. The molecule has 19 heavy (non-hydrogen) atoms. The predicted octanol–water partition coefficient (Wildman–Crippen LogP) is 3.46. The molecule has 5 heteroatoms. The van der Waals surface area contributed by atoms with Crippen LogP contribution < -0.4 is 10.6 Å². The molecule has 0 aromatic heterocycles. The van der Waals surface area contributed by atoms with Crippen LogP contribution >= 0.6 is 11.6 Å². The minimum atomic E-state index is -0.260. The lowest BCUT2D eigenvalue weighted by Crippen LogP contribution is -2.25. The van der Waals surface area contributed by atoms with Gasteiger partial charge in [-0.25, -0.2) is 4.79 Å². The van der Waals surface area contributed by atoms with E-state index in [1.807, 2.05) is 19.1 Å². The molecule has 102 valence electrons. The summed E-state index contributed by atoms with van der Waals surface area (Å²) < 4.78 is 5.25. The van der Waals surface area contributed by atoms with Crippen molar-refractivity contribution >= 4 is 23.3 Å². The van der Waals surface area contributed by atoms with Crippen LogP contribution in [0.5, 0.6) is 0 Å². The molecular formula is C14H17ClN2O2. The lowest BCUT2D eigenvalue weighted by Gasteiger charge is -2.15. The molecule has 0 bridgehead atoms. The van der Waals surface area contributed by atoms with E-state index in [1.165, 1.54) is 5.57 Å². The third-order valence-corrected chi connectivity index (χ3v) is 3.47. The van der Waals surface area contributed by atoms with Gasteiger partial charge in [0, 0.05) is 16.9 Å². The van der Waals surface area contributed by atoms with Gasteiger partial charge >= 0.3 is 6.03 Å². The van der Waals surface area contributed by atoms with Gasteiger partial charge in [0.05, 0.1) is 13.2 Å². The molecule has 2 amide bonds. The van der Waals surface area contributed by atoms with Crippen LogP contribution in [0.1, 0.15) is 18.4 Å². The van der Waals surface area contributed by atoms with E-state index in [9.17, 15) is 4.79 Å². The molecule has 1 heterocycles. The Morgan fingerprint density at radius 1 is 1.37 bits per heavy atom. The van der Waals surface area contributed by atoms with Crippen LogP contribution in [0.3, 0.4) is 0 Å². The standard InChI is InChI=1S/C14H17ClN2O2/c1-10-12(15)3-2-4-13(10)17-14(18)16-9-11-5-7-19-8-6-11/h2-4,9H,5-8H2,1H3,(H2,16,17,18). The molecule has 2 N–H and O–H groups in total. The Balaban J connectivity index is 1.92. The summed E-state index contributed by atoms with van der Waals surface area (Å²) in [5, 5.41) is 6.16. The molecule has 1 aromatic carbocycles. The van der Waals surface area contributed by atoms with Gasteiger partial charge in [0.2, 0.25) is 0 Å². The van der Waals surface area contributed by atoms with Crippen molar-refractivity contribution in [3.05, 3.63) is 40.6 Å². The number of anilines is 1. The normalized spacial score (nSPS) is 14.9. The molecular weight excluding hydrogens is 264 g/mol. The quantitative estimate of drug-likeness (QED) is 0.871. The Morgan fingerprint density at radius 3 is 2.84 bits per heavy atom. The zero-order chi connectivity index (χ0) is 13.7. The van der Waals surface area contributed by atoms with Crippen molar-refractivity contribution in [3.63, 3.8) is 0 Å². The van der Waals surface area contributed by atoms with Crippen LogP contribution in [0.4, 0.5) is 10.5 Å². The molecule has 0 spiro atoms. The van der Waals surface area contributed by atoms with E-state index in [2.05, 4.69) is 10.6 Å². The Labute approximate surface area is 117 Å². The molecule has 0 saturated carbocycles. The fraction of sp³-hybridized carbons (Fsp3) is 0.357. The predicted molar refractivity (Wildman–Crippen MR) is 76.5 cm³/mol. The summed E-state index contributed by atoms with van der Waals surface area (Å²) in [4.78, 5) is 11.8. The summed E-state index contributed by atoms with van der Waals surface area (Å²) in [6.07, 6.45) is 3.50. The Kier molecular flexibility index (Phi) is 4.82. The van der Waals surface area contributed by atoms with Crippen LogP contribution in [-0.2, 0) is 4.74 Å². The van der Waals surface area contributed by atoms with E-state index >= 15 is 0 Å². The van der Waals surface area contributed by atoms with Crippen LogP contribution in [-0.4, -0.2) is 19.2 Å². The number of benzene rings is 1. The minimum absolute atomic E-state index is 0.260. The summed E-state index contributed by atoms with van der Waals surface area (Å²) in [7, 11) is 0. The topological polar surface area (TPSA) is 50.4 Å².